The van der Waals surface area contributed by atoms with Crippen LogP contribution in [-0.4, -0.2) is 60.1 Å². The van der Waals surface area contributed by atoms with E-state index in [9.17, 15) is 17.6 Å². The third kappa shape index (κ3) is 4.77. The summed E-state index contributed by atoms with van der Waals surface area (Å²) in [6.45, 7) is 3.65. The standard InChI is InChI=1S/C20H23F4N5/c21-16-1-2-17(22)15(11-16)13-27-7-9-29(10-8-27)19-12-18(25-14-26-19)28-5-3-20(23,24)4-6-28/h1-2,11-12,14H,3-10,13H2. The van der Waals surface area contributed by atoms with E-state index in [1.165, 1.54) is 12.4 Å². The zero-order valence-corrected chi connectivity index (χ0v) is 16.0. The van der Waals surface area contributed by atoms with Crippen LogP contribution >= 0.6 is 0 Å². The van der Waals surface area contributed by atoms with Crippen LogP contribution in [0.2, 0.25) is 0 Å². The SMILES string of the molecule is Fc1ccc(F)c(CN2CCN(c3cc(N4CCC(F)(F)CC4)ncn3)CC2)c1. The molecule has 156 valence electrons. The lowest BCUT2D eigenvalue weighted by molar-refractivity contribution is -0.0221. The Labute approximate surface area is 167 Å². The Morgan fingerprint density at radius 2 is 1.45 bits per heavy atom. The van der Waals surface area contributed by atoms with Crippen molar-refractivity contribution in [2.75, 3.05) is 49.1 Å². The first-order chi connectivity index (χ1) is 13.9. The normalized spacial score (nSPS) is 20.1. The van der Waals surface area contributed by atoms with Crippen LogP contribution < -0.4 is 9.80 Å². The Morgan fingerprint density at radius 1 is 0.828 bits per heavy atom. The lowest BCUT2D eigenvalue weighted by atomic mass is 10.1. The summed E-state index contributed by atoms with van der Waals surface area (Å²) in [5.41, 5.74) is 0.352. The summed E-state index contributed by atoms with van der Waals surface area (Å²) in [5.74, 6) is -2.02. The smallest absolute Gasteiger partial charge is 0.251 e. The fourth-order valence-corrected chi connectivity index (χ4v) is 3.79. The maximum atomic E-state index is 13.9. The molecule has 0 saturated carbocycles. The van der Waals surface area contributed by atoms with Crippen molar-refractivity contribution in [3.05, 3.63) is 47.8 Å². The molecule has 2 saturated heterocycles. The van der Waals surface area contributed by atoms with Crippen LogP contribution in [0.1, 0.15) is 18.4 Å². The molecular weight excluding hydrogens is 386 g/mol. The van der Waals surface area contributed by atoms with Crippen LogP contribution in [0.15, 0.2) is 30.6 Å². The van der Waals surface area contributed by atoms with Crippen molar-refractivity contribution < 1.29 is 17.6 Å². The Kier molecular flexibility index (Phi) is 5.58. The molecule has 0 bridgehead atoms. The van der Waals surface area contributed by atoms with Gasteiger partial charge in [-0.1, -0.05) is 0 Å². The summed E-state index contributed by atoms with van der Waals surface area (Å²) >= 11 is 0. The van der Waals surface area contributed by atoms with Gasteiger partial charge in [0.15, 0.2) is 0 Å². The summed E-state index contributed by atoms with van der Waals surface area (Å²) in [5, 5.41) is 0. The molecule has 5 nitrogen and oxygen atoms in total. The predicted octanol–water partition coefficient (Wildman–Crippen LogP) is 3.31. The van der Waals surface area contributed by atoms with Gasteiger partial charge < -0.3 is 9.80 Å². The molecule has 3 heterocycles. The van der Waals surface area contributed by atoms with Gasteiger partial charge >= 0.3 is 0 Å². The maximum Gasteiger partial charge on any atom is 0.251 e. The molecule has 1 aromatic heterocycles. The van der Waals surface area contributed by atoms with E-state index in [0.29, 0.717) is 44.1 Å². The molecule has 0 aliphatic carbocycles. The van der Waals surface area contributed by atoms with Crippen LogP contribution in [0.5, 0.6) is 0 Å². The first-order valence-electron chi connectivity index (χ1n) is 9.76. The molecule has 0 N–H and O–H groups in total. The van der Waals surface area contributed by atoms with Gasteiger partial charge in [0, 0.05) is 70.3 Å². The Hall–Kier alpha value is -2.42. The minimum Gasteiger partial charge on any atom is -0.356 e. The number of nitrogens with zero attached hydrogens (tertiary/aromatic N) is 5. The zero-order chi connectivity index (χ0) is 20.4. The van der Waals surface area contributed by atoms with Gasteiger partial charge in [-0.15, -0.1) is 0 Å². The van der Waals surface area contributed by atoms with Crippen molar-refractivity contribution >= 4 is 11.6 Å². The first-order valence-corrected chi connectivity index (χ1v) is 9.76. The molecule has 0 unspecified atom stereocenters. The monoisotopic (exact) mass is 409 g/mol. The number of halogens is 4. The Morgan fingerprint density at radius 3 is 2.10 bits per heavy atom. The summed E-state index contributed by atoms with van der Waals surface area (Å²) in [7, 11) is 0. The van der Waals surface area contributed by atoms with Gasteiger partial charge in [-0.3, -0.25) is 4.90 Å². The van der Waals surface area contributed by atoms with Crippen LogP contribution in [0, 0.1) is 11.6 Å². The van der Waals surface area contributed by atoms with E-state index in [4.69, 9.17) is 0 Å². The van der Waals surface area contributed by atoms with Crippen molar-refractivity contribution in [1.29, 1.82) is 0 Å². The van der Waals surface area contributed by atoms with Gasteiger partial charge in [-0.25, -0.2) is 27.5 Å². The van der Waals surface area contributed by atoms with Crippen LogP contribution in [-0.2, 0) is 6.54 Å². The van der Waals surface area contributed by atoms with Crippen LogP contribution in [0.3, 0.4) is 0 Å². The molecule has 4 rings (SSSR count). The van der Waals surface area contributed by atoms with E-state index in [-0.39, 0.29) is 25.9 Å². The third-order valence-corrected chi connectivity index (χ3v) is 5.56. The van der Waals surface area contributed by atoms with Gasteiger partial charge in [0.2, 0.25) is 0 Å². The molecule has 0 radical (unpaired) electrons. The van der Waals surface area contributed by atoms with Crippen LogP contribution in [0.4, 0.5) is 29.2 Å². The number of hydrogen-bond acceptors (Lipinski definition) is 5. The summed E-state index contributed by atoms with van der Waals surface area (Å²) in [6.07, 6.45) is 1.13. The fourth-order valence-electron chi connectivity index (χ4n) is 3.79. The number of hydrogen-bond donors (Lipinski definition) is 0. The maximum absolute atomic E-state index is 13.9. The molecule has 2 aliphatic heterocycles. The average molecular weight is 409 g/mol. The number of rotatable bonds is 4. The van der Waals surface area contributed by atoms with Crippen LogP contribution in [0.25, 0.3) is 0 Å². The second-order valence-electron chi connectivity index (χ2n) is 7.58. The number of anilines is 2. The predicted molar refractivity (Wildman–Crippen MR) is 102 cm³/mol. The molecule has 29 heavy (non-hydrogen) atoms. The van der Waals surface area contributed by atoms with E-state index < -0.39 is 17.6 Å². The number of piperidine rings is 1. The lowest BCUT2D eigenvalue weighted by Crippen LogP contribution is -2.46. The second kappa shape index (κ2) is 8.14. The largest absolute Gasteiger partial charge is 0.356 e. The Balaban J connectivity index is 1.36. The molecule has 0 atom stereocenters. The van der Waals surface area contributed by atoms with E-state index >= 15 is 0 Å². The number of aromatic nitrogens is 2. The van der Waals surface area contributed by atoms with Crippen molar-refractivity contribution in [2.24, 2.45) is 0 Å². The van der Waals surface area contributed by atoms with Crippen molar-refractivity contribution in [3.63, 3.8) is 0 Å². The molecule has 0 amide bonds. The van der Waals surface area contributed by atoms with Gasteiger partial charge in [-0.2, -0.15) is 0 Å². The number of benzene rings is 1. The number of alkyl halides is 2. The Bertz CT molecular complexity index is 845. The van der Waals surface area contributed by atoms with Gasteiger partial charge in [0.25, 0.3) is 5.92 Å². The van der Waals surface area contributed by atoms with Gasteiger partial charge in [0.1, 0.15) is 29.6 Å². The molecule has 0 spiro atoms. The average Bonchev–Trinajstić information content (AvgIpc) is 2.71. The van der Waals surface area contributed by atoms with Crippen molar-refractivity contribution in [1.82, 2.24) is 14.9 Å². The third-order valence-electron chi connectivity index (χ3n) is 5.56. The topological polar surface area (TPSA) is 35.5 Å². The lowest BCUT2D eigenvalue weighted by Gasteiger charge is -2.36. The van der Waals surface area contributed by atoms with Gasteiger partial charge in [0.05, 0.1) is 0 Å². The summed E-state index contributed by atoms with van der Waals surface area (Å²) in [4.78, 5) is 14.6. The molecule has 2 fully saturated rings. The molecule has 1 aromatic carbocycles. The second-order valence-corrected chi connectivity index (χ2v) is 7.58. The highest BCUT2D eigenvalue weighted by Crippen LogP contribution is 2.30. The minimum atomic E-state index is -2.59. The fraction of sp³-hybridized carbons (Fsp3) is 0.500. The highest BCUT2D eigenvalue weighted by molar-refractivity contribution is 5.50. The van der Waals surface area contributed by atoms with Crippen molar-refractivity contribution in [2.45, 2.75) is 25.3 Å². The first kappa shape index (κ1) is 19.9. The molecule has 2 aromatic rings. The minimum absolute atomic E-state index is 0.165. The van der Waals surface area contributed by atoms with Crippen molar-refractivity contribution in [3.8, 4) is 0 Å². The molecular formula is C20H23F4N5. The zero-order valence-electron chi connectivity index (χ0n) is 16.0. The van der Waals surface area contributed by atoms with E-state index in [2.05, 4.69) is 19.8 Å². The van der Waals surface area contributed by atoms with Gasteiger partial charge in [-0.05, 0) is 18.2 Å². The molecule has 9 heteroatoms. The van der Waals surface area contributed by atoms with E-state index in [0.717, 1.165) is 18.0 Å². The van der Waals surface area contributed by atoms with E-state index in [1.807, 2.05) is 11.0 Å². The summed E-state index contributed by atoms with van der Waals surface area (Å²) in [6, 6.07) is 5.35. The summed E-state index contributed by atoms with van der Waals surface area (Å²) < 4.78 is 54.0. The number of piperazine rings is 1. The van der Waals surface area contributed by atoms with E-state index in [1.54, 1.807) is 0 Å². The highest BCUT2D eigenvalue weighted by atomic mass is 19.3. The highest BCUT2D eigenvalue weighted by Gasteiger charge is 2.34. The quantitative estimate of drug-likeness (QED) is 0.724. The molecule has 2 aliphatic rings.